The third-order valence-electron chi connectivity index (χ3n) is 2.95. The lowest BCUT2D eigenvalue weighted by Crippen LogP contribution is -2.09. The van der Waals surface area contributed by atoms with Gasteiger partial charge in [0, 0.05) is 25.5 Å². The van der Waals surface area contributed by atoms with Gasteiger partial charge in [0.25, 0.3) is 0 Å². The zero-order chi connectivity index (χ0) is 14.9. The molecule has 1 heterocycles. The molecule has 0 amide bonds. The Hall–Kier alpha value is -2.21. The molecular weight excluding hydrogens is 271 g/mol. The number of aromatic nitrogens is 2. The lowest BCUT2D eigenvalue weighted by atomic mass is 10.1. The van der Waals surface area contributed by atoms with Gasteiger partial charge in [0.05, 0.1) is 12.0 Å². The lowest BCUT2D eigenvalue weighted by molar-refractivity contribution is 0.151. The minimum atomic E-state index is -0.264. The minimum Gasteiger partial charge on any atom is -0.394 e. The number of imidazole rings is 1. The van der Waals surface area contributed by atoms with Gasteiger partial charge in [-0.1, -0.05) is 17.3 Å². The molecule has 0 radical (unpaired) electrons. The smallest absolute Gasteiger partial charge is 0.129 e. The summed E-state index contributed by atoms with van der Waals surface area (Å²) >= 11 is 0. The molecule has 112 valence electrons. The predicted molar refractivity (Wildman–Crippen MR) is 79.4 cm³/mol. The first-order chi connectivity index (χ1) is 10.3. The number of aryl methyl sites for hydroxylation is 1. The van der Waals surface area contributed by atoms with Crippen LogP contribution < -0.4 is 5.73 Å². The molecule has 2 N–H and O–H groups in total. The highest BCUT2D eigenvalue weighted by molar-refractivity contribution is 6.00. The van der Waals surface area contributed by atoms with Gasteiger partial charge in [-0.15, -0.1) is 0 Å². The van der Waals surface area contributed by atoms with E-state index in [9.17, 15) is 4.39 Å². The van der Waals surface area contributed by atoms with Gasteiger partial charge in [-0.2, -0.15) is 0 Å². The van der Waals surface area contributed by atoms with E-state index in [1.807, 2.05) is 10.8 Å². The summed E-state index contributed by atoms with van der Waals surface area (Å²) in [6.07, 6.45) is 7.06. The number of nitrogens with two attached hydrogens (primary N) is 1. The Morgan fingerprint density at radius 1 is 1.33 bits per heavy atom. The van der Waals surface area contributed by atoms with Crippen molar-refractivity contribution in [3.63, 3.8) is 0 Å². The maximum atomic E-state index is 13.0. The first-order valence-electron chi connectivity index (χ1n) is 6.90. The maximum absolute atomic E-state index is 13.0. The third kappa shape index (κ3) is 5.00. The van der Waals surface area contributed by atoms with Crippen molar-refractivity contribution in [2.24, 2.45) is 10.9 Å². The Morgan fingerprint density at radius 3 is 2.81 bits per heavy atom. The van der Waals surface area contributed by atoms with E-state index in [4.69, 9.17) is 10.6 Å². The van der Waals surface area contributed by atoms with Crippen molar-refractivity contribution < 1.29 is 9.23 Å². The molecule has 1 aromatic carbocycles. The van der Waals surface area contributed by atoms with Crippen LogP contribution in [0.3, 0.4) is 0 Å². The summed E-state index contributed by atoms with van der Waals surface area (Å²) in [6.45, 7) is 1.62. The largest absolute Gasteiger partial charge is 0.394 e. The van der Waals surface area contributed by atoms with Gasteiger partial charge < -0.3 is 15.1 Å². The van der Waals surface area contributed by atoms with Crippen molar-refractivity contribution in [3.05, 3.63) is 54.4 Å². The maximum Gasteiger partial charge on any atom is 0.129 e. The quantitative estimate of drug-likeness (QED) is 0.460. The van der Waals surface area contributed by atoms with Crippen LogP contribution in [-0.4, -0.2) is 28.4 Å². The van der Waals surface area contributed by atoms with E-state index in [1.54, 1.807) is 24.7 Å². The Morgan fingerprint density at radius 2 is 2.14 bits per heavy atom. The van der Waals surface area contributed by atoms with Gasteiger partial charge in [0.1, 0.15) is 12.4 Å². The molecule has 2 aromatic rings. The SMILES string of the molecule is NCCON=C(CCCn1ccnc1)c1ccc(F)cc1. The zero-order valence-electron chi connectivity index (χ0n) is 11.8. The second-order valence-corrected chi connectivity index (χ2v) is 4.57. The van der Waals surface area contributed by atoms with Gasteiger partial charge in [-0.05, 0) is 30.5 Å². The molecule has 0 aliphatic carbocycles. The standard InChI is InChI=1S/C15H19FN4O/c16-14-5-3-13(4-6-14)15(19-21-11-7-17)2-1-9-20-10-8-18-12-20/h3-6,8,10,12H,1-2,7,9,11,17H2. The molecule has 1 aromatic heterocycles. The Kier molecular flexibility index (Phi) is 5.90. The highest BCUT2D eigenvalue weighted by Crippen LogP contribution is 2.10. The molecule has 0 atom stereocenters. The number of rotatable bonds is 8. The van der Waals surface area contributed by atoms with Gasteiger partial charge in [-0.3, -0.25) is 0 Å². The topological polar surface area (TPSA) is 65.4 Å². The first kappa shape index (κ1) is 15.2. The zero-order valence-corrected chi connectivity index (χ0v) is 11.8. The molecule has 0 spiro atoms. The summed E-state index contributed by atoms with van der Waals surface area (Å²) in [5, 5.41) is 4.12. The Bertz CT molecular complexity index is 552. The fourth-order valence-electron chi connectivity index (χ4n) is 1.91. The summed E-state index contributed by atoms with van der Waals surface area (Å²) in [6, 6.07) is 6.25. The van der Waals surface area contributed by atoms with E-state index in [2.05, 4.69) is 10.1 Å². The van der Waals surface area contributed by atoms with Gasteiger partial charge >= 0.3 is 0 Å². The van der Waals surface area contributed by atoms with Crippen LogP contribution in [0.25, 0.3) is 0 Å². The van der Waals surface area contributed by atoms with Crippen LogP contribution in [0.2, 0.25) is 0 Å². The molecule has 0 aliphatic heterocycles. The second-order valence-electron chi connectivity index (χ2n) is 4.57. The van der Waals surface area contributed by atoms with E-state index in [1.165, 1.54) is 12.1 Å². The molecule has 21 heavy (non-hydrogen) atoms. The molecule has 0 saturated heterocycles. The molecule has 0 bridgehead atoms. The van der Waals surface area contributed by atoms with Crippen molar-refractivity contribution in [1.29, 1.82) is 0 Å². The lowest BCUT2D eigenvalue weighted by Gasteiger charge is -2.07. The van der Waals surface area contributed by atoms with Gasteiger partial charge in [-0.25, -0.2) is 9.37 Å². The van der Waals surface area contributed by atoms with Crippen molar-refractivity contribution in [3.8, 4) is 0 Å². The normalized spacial score (nSPS) is 11.6. The molecule has 0 fully saturated rings. The van der Waals surface area contributed by atoms with Crippen molar-refractivity contribution >= 4 is 5.71 Å². The van der Waals surface area contributed by atoms with Gasteiger partial charge in [0.2, 0.25) is 0 Å². The number of nitrogens with zero attached hydrogens (tertiary/aromatic N) is 3. The molecule has 5 nitrogen and oxygen atoms in total. The summed E-state index contributed by atoms with van der Waals surface area (Å²) in [5.74, 6) is -0.264. The van der Waals surface area contributed by atoms with Gasteiger partial charge in [0.15, 0.2) is 0 Å². The fourth-order valence-corrected chi connectivity index (χ4v) is 1.91. The summed E-state index contributed by atoms with van der Waals surface area (Å²) in [4.78, 5) is 9.17. The summed E-state index contributed by atoms with van der Waals surface area (Å²) in [5.41, 5.74) is 7.04. The molecular formula is C15H19FN4O. The fraction of sp³-hybridized carbons (Fsp3) is 0.333. The van der Waals surface area contributed by atoms with Crippen LogP contribution in [0.15, 0.2) is 48.1 Å². The van der Waals surface area contributed by atoms with E-state index in [0.717, 1.165) is 30.7 Å². The van der Waals surface area contributed by atoms with Crippen molar-refractivity contribution in [1.82, 2.24) is 9.55 Å². The van der Waals surface area contributed by atoms with Crippen LogP contribution >= 0.6 is 0 Å². The number of benzene rings is 1. The van der Waals surface area contributed by atoms with E-state index in [0.29, 0.717) is 13.2 Å². The number of hydrogen-bond donors (Lipinski definition) is 1. The average Bonchev–Trinajstić information content (AvgIpc) is 3.00. The van der Waals surface area contributed by atoms with Crippen LogP contribution in [0.4, 0.5) is 4.39 Å². The minimum absolute atomic E-state index is 0.264. The van der Waals surface area contributed by atoms with Crippen LogP contribution in [0, 0.1) is 5.82 Å². The first-order valence-corrected chi connectivity index (χ1v) is 6.90. The third-order valence-corrected chi connectivity index (χ3v) is 2.95. The average molecular weight is 290 g/mol. The molecule has 0 aliphatic rings. The Labute approximate surface area is 123 Å². The highest BCUT2D eigenvalue weighted by atomic mass is 19.1. The molecule has 0 saturated carbocycles. The van der Waals surface area contributed by atoms with E-state index < -0.39 is 0 Å². The summed E-state index contributed by atoms with van der Waals surface area (Å²) < 4.78 is 15.0. The molecule has 2 rings (SSSR count). The van der Waals surface area contributed by atoms with Crippen LogP contribution in [-0.2, 0) is 11.4 Å². The number of hydrogen-bond acceptors (Lipinski definition) is 4. The van der Waals surface area contributed by atoms with E-state index >= 15 is 0 Å². The van der Waals surface area contributed by atoms with Crippen LogP contribution in [0.5, 0.6) is 0 Å². The number of oxime groups is 1. The predicted octanol–water partition coefficient (Wildman–Crippen LogP) is 2.18. The van der Waals surface area contributed by atoms with E-state index in [-0.39, 0.29) is 5.82 Å². The monoisotopic (exact) mass is 290 g/mol. The highest BCUT2D eigenvalue weighted by Gasteiger charge is 2.05. The van der Waals surface area contributed by atoms with Crippen molar-refractivity contribution in [2.75, 3.05) is 13.2 Å². The summed E-state index contributed by atoms with van der Waals surface area (Å²) in [7, 11) is 0. The molecule has 0 unspecified atom stereocenters. The van der Waals surface area contributed by atoms with Crippen molar-refractivity contribution in [2.45, 2.75) is 19.4 Å². The van der Waals surface area contributed by atoms with Crippen LogP contribution in [0.1, 0.15) is 18.4 Å². The molecule has 6 heteroatoms. The Balaban J connectivity index is 1.98. The number of halogens is 1. The second kappa shape index (κ2) is 8.16.